The number of ether oxygens (including phenoxy) is 2. The fourth-order valence-electron chi connectivity index (χ4n) is 1.48. The summed E-state index contributed by atoms with van der Waals surface area (Å²) in [5.41, 5.74) is 0.803. The van der Waals surface area contributed by atoms with Gasteiger partial charge in [-0.15, -0.1) is 0 Å². The topological polar surface area (TPSA) is 102 Å². The van der Waals surface area contributed by atoms with Crippen molar-refractivity contribution in [1.82, 2.24) is 15.3 Å². The molecule has 0 atom stereocenters. The van der Waals surface area contributed by atoms with Gasteiger partial charge in [0.1, 0.15) is 0 Å². The molecule has 0 aliphatic carbocycles. The van der Waals surface area contributed by atoms with Crippen LogP contribution in [0.15, 0.2) is 6.20 Å². The summed E-state index contributed by atoms with van der Waals surface area (Å²) in [7, 11) is 1.56. The van der Waals surface area contributed by atoms with Crippen LogP contribution in [-0.2, 0) is 14.3 Å². The van der Waals surface area contributed by atoms with E-state index >= 15 is 0 Å². The van der Waals surface area contributed by atoms with Gasteiger partial charge in [0.05, 0.1) is 31.0 Å². The molecule has 2 N–H and O–H groups in total. The number of aryl methyl sites for hydroxylation is 1. The number of nitrogens with zero attached hydrogens (tertiary/aromatic N) is 2. The molecule has 0 bridgehead atoms. The van der Waals surface area contributed by atoms with Gasteiger partial charge in [-0.1, -0.05) is 0 Å². The van der Waals surface area contributed by atoms with Crippen LogP contribution in [0.3, 0.4) is 0 Å². The van der Waals surface area contributed by atoms with Gasteiger partial charge < -0.3 is 20.1 Å². The molecule has 0 aromatic carbocycles. The molecule has 21 heavy (non-hydrogen) atoms. The minimum absolute atomic E-state index is 0.0436. The van der Waals surface area contributed by atoms with Crippen LogP contribution in [0.5, 0.6) is 0 Å². The smallest absolute Gasteiger partial charge is 0.341 e. The summed E-state index contributed by atoms with van der Waals surface area (Å²) in [4.78, 5) is 31.2. The van der Waals surface area contributed by atoms with Crippen molar-refractivity contribution in [2.24, 2.45) is 0 Å². The molecule has 1 amide bonds. The second-order valence-electron chi connectivity index (χ2n) is 4.11. The van der Waals surface area contributed by atoms with Crippen LogP contribution in [0, 0.1) is 6.92 Å². The van der Waals surface area contributed by atoms with E-state index in [-0.39, 0.29) is 18.4 Å². The predicted octanol–water partition coefficient (Wildman–Crippen LogP) is 0.136. The summed E-state index contributed by atoms with van der Waals surface area (Å²) < 4.78 is 9.71. The van der Waals surface area contributed by atoms with Gasteiger partial charge in [-0.2, -0.15) is 0 Å². The highest BCUT2D eigenvalue weighted by atomic mass is 16.5. The van der Waals surface area contributed by atoms with Crippen LogP contribution in [0.2, 0.25) is 0 Å². The largest absolute Gasteiger partial charge is 0.462 e. The van der Waals surface area contributed by atoms with Gasteiger partial charge in [0, 0.05) is 19.9 Å². The van der Waals surface area contributed by atoms with Gasteiger partial charge in [0.2, 0.25) is 11.9 Å². The minimum Gasteiger partial charge on any atom is -0.462 e. The molecule has 1 rings (SSSR count). The number of aromatic nitrogens is 2. The first-order chi connectivity index (χ1) is 10.1. The Morgan fingerprint density at radius 2 is 2.14 bits per heavy atom. The third kappa shape index (κ3) is 5.74. The van der Waals surface area contributed by atoms with Crippen LogP contribution < -0.4 is 10.6 Å². The third-order valence-corrected chi connectivity index (χ3v) is 2.51. The van der Waals surface area contributed by atoms with Crippen molar-refractivity contribution in [2.45, 2.75) is 13.8 Å². The molecule has 0 aliphatic heterocycles. The summed E-state index contributed by atoms with van der Waals surface area (Å²) >= 11 is 0. The van der Waals surface area contributed by atoms with Gasteiger partial charge in [0.15, 0.2) is 0 Å². The highest BCUT2D eigenvalue weighted by Crippen LogP contribution is 2.08. The number of methoxy groups -OCH3 is 1. The van der Waals surface area contributed by atoms with Gasteiger partial charge in [-0.25, -0.2) is 14.8 Å². The molecular formula is C13H20N4O4. The van der Waals surface area contributed by atoms with Gasteiger partial charge >= 0.3 is 5.97 Å². The fourth-order valence-corrected chi connectivity index (χ4v) is 1.48. The Bertz CT molecular complexity index is 493. The lowest BCUT2D eigenvalue weighted by Crippen LogP contribution is -2.32. The van der Waals surface area contributed by atoms with E-state index in [9.17, 15) is 9.59 Å². The zero-order chi connectivity index (χ0) is 15.7. The number of anilines is 1. The third-order valence-electron chi connectivity index (χ3n) is 2.51. The van der Waals surface area contributed by atoms with Crippen molar-refractivity contribution >= 4 is 17.8 Å². The molecule has 8 nitrogen and oxygen atoms in total. The van der Waals surface area contributed by atoms with Crippen molar-refractivity contribution in [3.63, 3.8) is 0 Å². The lowest BCUT2D eigenvalue weighted by molar-refractivity contribution is -0.119. The van der Waals surface area contributed by atoms with Crippen LogP contribution in [0.25, 0.3) is 0 Å². The highest BCUT2D eigenvalue weighted by Gasteiger charge is 2.12. The van der Waals surface area contributed by atoms with E-state index in [2.05, 4.69) is 20.6 Å². The lowest BCUT2D eigenvalue weighted by Gasteiger charge is -2.08. The van der Waals surface area contributed by atoms with E-state index in [1.165, 1.54) is 6.20 Å². The van der Waals surface area contributed by atoms with E-state index < -0.39 is 5.97 Å². The zero-order valence-corrected chi connectivity index (χ0v) is 12.4. The number of hydrogen-bond acceptors (Lipinski definition) is 7. The van der Waals surface area contributed by atoms with Gasteiger partial charge in [-0.3, -0.25) is 4.79 Å². The summed E-state index contributed by atoms with van der Waals surface area (Å²) in [6.07, 6.45) is 1.38. The average molecular weight is 296 g/mol. The Kier molecular flexibility index (Phi) is 7.10. The summed E-state index contributed by atoms with van der Waals surface area (Å²) in [6, 6.07) is 0. The van der Waals surface area contributed by atoms with Crippen molar-refractivity contribution < 1.29 is 19.1 Å². The maximum absolute atomic E-state index is 11.6. The number of rotatable bonds is 8. The summed E-state index contributed by atoms with van der Waals surface area (Å²) in [6.45, 7) is 4.64. The lowest BCUT2D eigenvalue weighted by atomic mass is 10.2. The Balaban J connectivity index is 2.52. The van der Waals surface area contributed by atoms with Crippen molar-refractivity contribution in [1.29, 1.82) is 0 Å². The summed E-state index contributed by atoms with van der Waals surface area (Å²) in [5.74, 6) is -0.371. The number of esters is 1. The van der Waals surface area contributed by atoms with E-state index in [0.29, 0.717) is 31.0 Å². The number of nitrogens with one attached hydrogen (secondary N) is 2. The average Bonchev–Trinajstić information content (AvgIpc) is 2.45. The van der Waals surface area contributed by atoms with Crippen molar-refractivity contribution in [3.05, 3.63) is 17.5 Å². The molecule has 0 unspecified atom stereocenters. The predicted molar refractivity (Wildman–Crippen MR) is 76.1 cm³/mol. The Hall–Kier alpha value is -2.22. The van der Waals surface area contributed by atoms with E-state index in [0.717, 1.165) is 0 Å². The van der Waals surface area contributed by atoms with Gasteiger partial charge in [0.25, 0.3) is 0 Å². The molecule has 0 radical (unpaired) electrons. The second-order valence-corrected chi connectivity index (χ2v) is 4.11. The Labute approximate surface area is 123 Å². The van der Waals surface area contributed by atoms with Crippen molar-refractivity contribution in [2.75, 3.05) is 38.7 Å². The van der Waals surface area contributed by atoms with E-state index in [1.54, 1.807) is 21.0 Å². The standard InChI is InChI=1S/C13H20N4O4/c1-4-21-12(19)10-7-15-13(17-9(10)2)16-8-11(18)14-5-6-20-3/h7H,4-6,8H2,1-3H3,(H,14,18)(H,15,16,17). The van der Waals surface area contributed by atoms with Crippen LogP contribution in [0.4, 0.5) is 5.95 Å². The molecular weight excluding hydrogens is 276 g/mol. The van der Waals surface area contributed by atoms with Gasteiger partial charge in [-0.05, 0) is 13.8 Å². The van der Waals surface area contributed by atoms with E-state index in [1.807, 2.05) is 0 Å². The van der Waals surface area contributed by atoms with Crippen LogP contribution in [0.1, 0.15) is 23.0 Å². The first-order valence-electron chi connectivity index (χ1n) is 6.58. The zero-order valence-electron chi connectivity index (χ0n) is 12.4. The molecule has 1 heterocycles. The highest BCUT2D eigenvalue weighted by molar-refractivity contribution is 5.90. The number of carbonyl (C=O) groups is 2. The van der Waals surface area contributed by atoms with Crippen LogP contribution >= 0.6 is 0 Å². The second kappa shape index (κ2) is 8.85. The van der Waals surface area contributed by atoms with Crippen molar-refractivity contribution in [3.8, 4) is 0 Å². The normalized spacial score (nSPS) is 10.0. The maximum atomic E-state index is 11.6. The fraction of sp³-hybridized carbons (Fsp3) is 0.538. The first-order valence-corrected chi connectivity index (χ1v) is 6.58. The molecule has 0 saturated heterocycles. The maximum Gasteiger partial charge on any atom is 0.341 e. The first kappa shape index (κ1) is 16.8. The summed E-state index contributed by atoms with van der Waals surface area (Å²) in [5, 5.41) is 5.44. The number of hydrogen-bond donors (Lipinski definition) is 2. The molecule has 1 aromatic rings. The van der Waals surface area contributed by atoms with E-state index in [4.69, 9.17) is 9.47 Å². The monoisotopic (exact) mass is 296 g/mol. The molecule has 1 aromatic heterocycles. The molecule has 0 spiro atoms. The molecule has 0 saturated carbocycles. The SMILES string of the molecule is CCOC(=O)c1cnc(NCC(=O)NCCOC)nc1C. The Morgan fingerprint density at radius 3 is 2.76 bits per heavy atom. The molecule has 0 fully saturated rings. The molecule has 116 valence electrons. The number of carbonyl (C=O) groups excluding carboxylic acids is 2. The molecule has 0 aliphatic rings. The quantitative estimate of drug-likeness (QED) is 0.519. The van der Waals surface area contributed by atoms with Crippen LogP contribution in [-0.4, -0.2) is 55.3 Å². The minimum atomic E-state index is -0.459. The Morgan fingerprint density at radius 1 is 1.38 bits per heavy atom. The number of amides is 1. The molecule has 8 heteroatoms.